The summed E-state index contributed by atoms with van der Waals surface area (Å²) in [6, 6.07) is 0. The van der Waals surface area contributed by atoms with Gasteiger partial charge < -0.3 is 4.81 Å². The zero-order chi connectivity index (χ0) is 10.2. The Labute approximate surface area is 78.2 Å². The molecule has 0 aliphatic carbocycles. The lowest BCUT2D eigenvalue weighted by Crippen LogP contribution is -2.36. The molecule has 0 saturated carbocycles. The Morgan fingerprint density at radius 2 is 1.46 bits per heavy atom. The molecular weight excluding hydrogens is 179 g/mol. The van der Waals surface area contributed by atoms with E-state index in [4.69, 9.17) is 9.78 Å². The summed E-state index contributed by atoms with van der Waals surface area (Å²) in [5, 5.41) is 0. The van der Waals surface area contributed by atoms with Crippen molar-refractivity contribution in [2.24, 2.45) is 0 Å². The smallest absolute Gasteiger partial charge is 0.309 e. The minimum absolute atomic E-state index is 0.359. The monoisotopic (exact) mass is 194 g/mol. The molecule has 0 unspecified atom stereocenters. The van der Waals surface area contributed by atoms with Crippen LogP contribution in [0.15, 0.2) is 0 Å². The molecule has 13 heavy (non-hydrogen) atoms. The highest BCUT2D eigenvalue weighted by Crippen LogP contribution is 2.15. The van der Waals surface area contributed by atoms with Crippen molar-refractivity contribution in [3.05, 3.63) is 0 Å². The van der Waals surface area contributed by atoms with E-state index >= 15 is 0 Å². The van der Waals surface area contributed by atoms with Gasteiger partial charge in [0, 0.05) is 6.92 Å². The van der Waals surface area contributed by atoms with Crippen LogP contribution in [0, 0.1) is 0 Å². The van der Waals surface area contributed by atoms with E-state index in [0.29, 0.717) is 13.2 Å². The summed E-state index contributed by atoms with van der Waals surface area (Å²) in [6.07, 6.45) is 0. The van der Waals surface area contributed by atoms with Crippen LogP contribution in [0.5, 0.6) is 0 Å². The summed E-state index contributed by atoms with van der Waals surface area (Å²) in [6.45, 7) is 5.68. The maximum Gasteiger partial charge on any atom is 0.361 e. The van der Waals surface area contributed by atoms with E-state index in [1.165, 1.54) is 15.0 Å². The van der Waals surface area contributed by atoms with E-state index in [-0.39, 0.29) is 0 Å². The van der Waals surface area contributed by atoms with Crippen LogP contribution in [0.2, 0.25) is 0 Å². The molecule has 0 amide bonds. The molecule has 0 fully saturated rings. The lowest BCUT2D eigenvalue weighted by molar-refractivity contribution is -0.611. The highest BCUT2D eigenvalue weighted by molar-refractivity contribution is 5.97. The molecule has 0 atom stereocenters. The molecule has 0 aromatic rings. The van der Waals surface area contributed by atoms with Gasteiger partial charge in [0.15, 0.2) is 0 Å². The van der Waals surface area contributed by atoms with Crippen molar-refractivity contribution in [3.63, 3.8) is 0 Å². The summed E-state index contributed by atoms with van der Waals surface area (Å²) in [5.74, 6) is -1.51. The molecule has 0 aliphatic rings. The molecule has 0 rings (SSSR count). The summed E-state index contributed by atoms with van der Waals surface area (Å²) in [4.78, 5) is 27.8. The van der Waals surface area contributed by atoms with E-state index in [1.54, 1.807) is 13.8 Å². The second kappa shape index (κ2) is 7.25. The summed E-state index contributed by atoms with van der Waals surface area (Å²) in [7, 11) is 1.32. The van der Waals surface area contributed by atoms with Crippen molar-refractivity contribution in [3.8, 4) is 0 Å². The normalized spacial score (nSPS) is 11.9. The molecule has 6 nitrogen and oxygen atoms in total. The van der Waals surface area contributed by atoms with Crippen LogP contribution in [0.3, 0.4) is 0 Å². The minimum Gasteiger partial charge on any atom is -0.309 e. The third kappa shape index (κ3) is 5.97. The van der Waals surface area contributed by atoms with Crippen molar-refractivity contribution < 1.29 is 29.2 Å². The largest absolute Gasteiger partial charge is 0.361 e. The van der Waals surface area contributed by atoms with Crippen LogP contribution < -0.4 is 0 Å². The zero-order valence-corrected chi connectivity index (χ0v) is 8.36. The third-order valence-electron chi connectivity index (χ3n) is 0.891. The van der Waals surface area contributed by atoms with Crippen LogP contribution in [-0.4, -0.2) is 27.2 Å². The fourth-order valence-electron chi connectivity index (χ4n) is 0.525. The van der Waals surface area contributed by atoms with Crippen LogP contribution in [0.4, 0.5) is 0 Å². The molecule has 78 valence electrons. The Kier molecular flexibility index (Phi) is 7.15. The Balaban J connectivity index is 3.84. The number of hydrogen-bond acceptors (Lipinski definition) is 6. The molecule has 0 N–H and O–H groups in total. The first kappa shape index (κ1) is 12.8. The zero-order valence-electron chi connectivity index (χ0n) is 8.36. The van der Waals surface area contributed by atoms with Crippen LogP contribution in [-0.2, 0) is 29.2 Å². The molecule has 0 aromatic heterocycles. The number of rotatable bonds is 8. The van der Waals surface area contributed by atoms with E-state index < -0.39 is 5.97 Å². The van der Waals surface area contributed by atoms with Gasteiger partial charge >= 0.3 is 14.0 Å². The second-order valence-corrected chi connectivity index (χ2v) is 2.09. The lowest BCUT2D eigenvalue weighted by atomic mass is 10.6. The van der Waals surface area contributed by atoms with Gasteiger partial charge in [-0.15, -0.1) is 0 Å². The molecule has 0 radical (unpaired) electrons. The van der Waals surface area contributed by atoms with E-state index in [0.717, 1.165) is 0 Å². The predicted octanol–water partition coefficient (Wildman–Crippen LogP) is 0.0926. The molecule has 0 aliphatic heterocycles. The fraction of sp³-hybridized carbons (Fsp3) is 1.00. The minimum atomic E-state index is -1.51. The SMILES string of the molecule is BOOC(C)(OOCC)OOCC. The maximum absolute atomic E-state index is 4.73. The van der Waals surface area contributed by atoms with Gasteiger partial charge in [-0.3, -0.25) is 0 Å². The van der Waals surface area contributed by atoms with Crippen LogP contribution >= 0.6 is 0 Å². The van der Waals surface area contributed by atoms with Gasteiger partial charge in [-0.25, -0.2) is 9.78 Å². The Bertz CT molecular complexity index is 114. The van der Waals surface area contributed by atoms with Gasteiger partial charge in [0.25, 0.3) is 0 Å². The first-order valence-electron chi connectivity index (χ1n) is 4.01. The quantitative estimate of drug-likeness (QED) is 0.236. The van der Waals surface area contributed by atoms with Gasteiger partial charge in [0.2, 0.25) is 0 Å². The van der Waals surface area contributed by atoms with Gasteiger partial charge in [0.1, 0.15) is 0 Å². The first-order valence-corrected chi connectivity index (χ1v) is 4.01. The standard InChI is InChI=1S/C6H15BO6/c1-4-8-10-6(3,12-13-7)11-9-5-2/h4-5,7H2,1-3H3. The average molecular weight is 194 g/mol. The van der Waals surface area contributed by atoms with Gasteiger partial charge in [-0.05, 0) is 13.8 Å². The summed E-state index contributed by atoms with van der Waals surface area (Å²) >= 11 is 0. The fourth-order valence-corrected chi connectivity index (χ4v) is 0.525. The van der Waals surface area contributed by atoms with Crippen molar-refractivity contribution in [2.75, 3.05) is 13.2 Å². The van der Waals surface area contributed by atoms with Crippen LogP contribution in [0.1, 0.15) is 20.8 Å². The second-order valence-electron chi connectivity index (χ2n) is 2.09. The third-order valence-corrected chi connectivity index (χ3v) is 0.891. The van der Waals surface area contributed by atoms with Crippen molar-refractivity contribution in [1.29, 1.82) is 0 Å². The predicted molar refractivity (Wildman–Crippen MR) is 44.5 cm³/mol. The Morgan fingerprint density at radius 3 is 1.77 bits per heavy atom. The van der Waals surface area contributed by atoms with E-state index in [1.807, 2.05) is 0 Å². The molecule has 7 heteroatoms. The van der Waals surface area contributed by atoms with Gasteiger partial charge in [-0.2, -0.15) is 14.7 Å². The van der Waals surface area contributed by atoms with E-state index in [9.17, 15) is 0 Å². The van der Waals surface area contributed by atoms with Gasteiger partial charge in [-0.1, -0.05) is 0 Å². The Hall–Kier alpha value is -0.175. The first-order chi connectivity index (χ1) is 6.18. The molecular formula is C6H15BO6. The van der Waals surface area contributed by atoms with Crippen LogP contribution in [0.25, 0.3) is 0 Å². The van der Waals surface area contributed by atoms with Crippen molar-refractivity contribution >= 4 is 8.05 Å². The molecule has 0 saturated heterocycles. The Morgan fingerprint density at radius 1 is 1.00 bits per heavy atom. The molecule has 0 bridgehead atoms. The van der Waals surface area contributed by atoms with E-state index in [2.05, 4.69) is 19.5 Å². The maximum atomic E-state index is 4.73. The van der Waals surface area contributed by atoms with Gasteiger partial charge in [0.05, 0.1) is 13.2 Å². The molecule has 0 heterocycles. The summed E-state index contributed by atoms with van der Waals surface area (Å²) < 4.78 is 0. The lowest BCUT2D eigenvalue weighted by Gasteiger charge is -2.23. The highest BCUT2D eigenvalue weighted by atomic mass is 17.4. The molecule has 0 spiro atoms. The number of hydrogen-bond donors (Lipinski definition) is 0. The summed E-state index contributed by atoms with van der Waals surface area (Å²) in [5.41, 5.74) is 0. The average Bonchev–Trinajstić information content (AvgIpc) is 2.12. The van der Waals surface area contributed by atoms with Crippen molar-refractivity contribution in [1.82, 2.24) is 0 Å². The van der Waals surface area contributed by atoms with Crippen molar-refractivity contribution in [2.45, 2.75) is 26.7 Å². The highest BCUT2D eigenvalue weighted by Gasteiger charge is 2.31. The topological polar surface area (TPSA) is 55.4 Å². The molecule has 0 aromatic carbocycles.